The predicted octanol–water partition coefficient (Wildman–Crippen LogP) is 6.16. The lowest BCUT2D eigenvalue weighted by atomic mass is 10.1. The fourth-order valence-electron chi connectivity index (χ4n) is 1.74. The Morgan fingerprint density at radius 3 is 1.67 bits per heavy atom. The van der Waals surface area contributed by atoms with E-state index in [-0.39, 0.29) is 0 Å². The molecule has 1 aromatic carbocycles. The molecule has 0 aliphatic heterocycles. The van der Waals surface area contributed by atoms with Crippen LogP contribution in [0.4, 0.5) is 0 Å². The zero-order valence-electron chi connectivity index (χ0n) is 13.3. The zero-order valence-corrected chi connectivity index (χ0v) is 17.6. The third-order valence-electron chi connectivity index (χ3n) is 2.38. The molecule has 0 heterocycles. The van der Waals surface area contributed by atoms with Crippen LogP contribution in [0.25, 0.3) is 0 Å². The minimum absolute atomic E-state index is 0.574. The summed E-state index contributed by atoms with van der Waals surface area (Å²) >= 11 is 18.3. The lowest BCUT2D eigenvalue weighted by Crippen LogP contribution is -2.33. The van der Waals surface area contributed by atoms with E-state index in [0.717, 1.165) is 11.3 Å². The molecule has 0 aliphatic rings. The van der Waals surface area contributed by atoms with Crippen LogP contribution in [0.3, 0.4) is 0 Å². The summed E-state index contributed by atoms with van der Waals surface area (Å²) in [5.74, 6) is 0.842. The van der Waals surface area contributed by atoms with Gasteiger partial charge in [-0.15, -0.1) is 0 Å². The number of rotatable bonds is 5. The van der Waals surface area contributed by atoms with Gasteiger partial charge in [0.25, 0.3) is 0 Å². The Morgan fingerprint density at radius 1 is 0.857 bits per heavy atom. The SMILES string of the molecule is C[Si](C)(C)Oc1ccc(C(O[Si](C)(C)C)C(Cl)(Cl)Cl)cc1. The van der Waals surface area contributed by atoms with E-state index < -0.39 is 26.5 Å². The molecule has 0 N–H and O–H groups in total. The highest BCUT2D eigenvalue weighted by molar-refractivity contribution is 6.71. The number of alkyl halides is 3. The fraction of sp³-hybridized carbons (Fsp3) is 0.571. The van der Waals surface area contributed by atoms with Crippen molar-refractivity contribution in [3.05, 3.63) is 29.8 Å². The summed E-state index contributed by atoms with van der Waals surface area (Å²) in [6.07, 6.45) is -0.574. The first kappa shape index (κ1) is 19.3. The molecule has 21 heavy (non-hydrogen) atoms. The summed E-state index contributed by atoms with van der Waals surface area (Å²) in [5.41, 5.74) is 0.848. The molecule has 1 atom stereocenters. The number of hydrogen-bond donors (Lipinski definition) is 0. The highest BCUT2D eigenvalue weighted by atomic mass is 35.6. The smallest absolute Gasteiger partial charge is 0.242 e. The van der Waals surface area contributed by atoms with Crippen LogP contribution in [-0.2, 0) is 4.43 Å². The molecular weight excluding hydrogens is 363 g/mol. The van der Waals surface area contributed by atoms with Gasteiger partial charge in [-0.1, -0.05) is 46.9 Å². The van der Waals surface area contributed by atoms with Crippen molar-refractivity contribution < 1.29 is 8.85 Å². The van der Waals surface area contributed by atoms with Gasteiger partial charge in [0.15, 0.2) is 8.32 Å². The van der Waals surface area contributed by atoms with Crippen LogP contribution in [0.2, 0.25) is 39.3 Å². The largest absolute Gasteiger partial charge is 0.544 e. The number of benzene rings is 1. The van der Waals surface area contributed by atoms with Crippen LogP contribution in [0, 0.1) is 0 Å². The summed E-state index contributed by atoms with van der Waals surface area (Å²) in [7, 11) is -3.46. The summed E-state index contributed by atoms with van der Waals surface area (Å²) in [5, 5.41) is 0. The van der Waals surface area contributed by atoms with Crippen molar-refractivity contribution in [2.24, 2.45) is 0 Å². The summed E-state index contributed by atoms with van der Waals surface area (Å²) in [6.45, 7) is 12.6. The van der Waals surface area contributed by atoms with Crippen molar-refractivity contribution >= 4 is 51.4 Å². The fourth-order valence-corrected chi connectivity index (χ4v) is 4.34. The van der Waals surface area contributed by atoms with Gasteiger partial charge in [0.1, 0.15) is 11.9 Å². The summed E-state index contributed by atoms with van der Waals surface area (Å²) in [4.78, 5) is 0. The summed E-state index contributed by atoms with van der Waals surface area (Å²) < 4.78 is 10.5. The van der Waals surface area contributed by atoms with Crippen LogP contribution in [0.1, 0.15) is 11.7 Å². The van der Waals surface area contributed by atoms with Crippen molar-refractivity contribution in [1.29, 1.82) is 0 Å². The Morgan fingerprint density at radius 2 is 1.33 bits per heavy atom. The van der Waals surface area contributed by atoms with Crippen LogP contribution in [-0.4, -0.2) is 20.4 Å². The van der Waals surface area contributed by atoms with Crippen molar-refractivity contribution in [1.82, 2.24) is 0 Å². The van der Waals surface area contributed by atoms with Gasteiger partial charge in [-0.25, -0.2) is 0 Å². The van der Waals surface area contributed by atoms with Crippen LogP contribution in [0.5, 0.6) is 5.75 Å². The lowest BCUT2D eigenvalue weighted by molar-refractivity contribution is 0.202. The minimum atomic E-state index is -1.84. The van der Waals surface area contributed by atoms with Crippen LogP contribution < -0.4 is 4.43 Å². The van der Waals surface area contributed by atoms with E-state index in [1.54, 1.807) is 0 Å². The first-order valence-corrected chi connectivity index (χ1v) is 14.8. The molecule has 1 rings (SSSR count). The molecule has 0 spiro atoms. The van der Waals surface area contributed by atoms with Gasteiger partial charge in [-0.05, 0) is 57.0 Å². The molecule has 0 aromatic heterocycles. The second-order valence-electron chi connectivity index (χ2n) is 6.94. The molecule has 0 aliphatic carbocycles. The van der Waals surface area contributed by atoms with Gasteiger partial charge in [-0.3, -0.25) is 0 Å². The Balaban J connectivity index is 3.00. The van der Waals surface area contributed by atoms with Gasteiger partial charge in [0.05, 0.1) is 0 Å². The van der Waals surface area contributed by atoms with Gasteiger partial charge in [0, 0.05) is 0 Å². The van der Waals surface area contributed by atoms with Gasteiger partial charge >= 0.3 is 0 Å². The van der Waals surface area contributed by atoms with E-state index in [1.807, 2.05) is 24.3 Å². The van der Waals surface area contributed by atoms with Crippen LogP contribution in [0.15, 0.2) is 24.3 Å². The molecule has 120 valence electrons. The monoisotopic (exact) mass is 384 g/mol. The molecule has 0 saturated heterocycles. The van der Waals surface area contributed by atoms with Crippen molar-refractivity contribution in [3.63, 3.8) is 0 Å². The second-order valence-corrected chi connectivity index (χ2v) is 18.2. The van der Waals surface area contributed by atoms with Crippen molar-refractivity contribution in [2.75, 3.05) is 0 Å². The third kappa shape index (κ3) is 7.39. The maximum atomic E-state index is 6.09. The summed E-state index contributed by atoms with van der Waals surface area (Å²) in [6, 6.07) is 7.62. The molecule has 1 unspecified atom stereocenters. The minimum Gasteiger partial charge on any atom is -0.544 e. The molecule has 2 nitrogen and oxygen atoms in total. The average molecular weight is 386 g/mol. The van der Waals surface area contributed by atoms with E-state index in [4.69, 9.17) is 43.7 Å². The normalized spacial score (nSPS) is 14.9. The van der Waals surface area contributed by atoms with Gasteiger partial charge in [0.2, 0.25) is 12.1 Å². The van der Waals surface area contributed by atoms with Crippen molar-refractivity contribution in [2.45, 2.75) is 49.2 Å². The number of hydrogen-bond acceptors (Lipinski definition) is 2. The van der Waals surface area contributed by atoms with Gasteiger partial charge in [-0.2, -0.15) is 0 Å². The Bertz CT molecular complexity index is 459. The quantitative estimate of drug-likeness (QED) is 0.446. The van der Waals surface area contributed by atoms with E-state index >= 15 is 0 Å². The third-order valence-corrected chi connectivity index (χ3v) is 4.76. The Kier molecular flexibility index (Phi) is 6.27. The average Bonchev–Trinajstić information content (AvgIpc) is 2.22. The molecular formula is C14H23Cl3O2Si2. The van der Waals surface area contributed by atoms with E-state index in [9.17, 15) is 0 Å². The molecule has 0 saturated carbocycles. The van der Waals surface area contributed by atoms with Crippen molar-refractivity contribution in [3.8, 4) is 5.75 Å². The zero-order chi connectivity index (χ0) is 16.5. The van der Waals surface area contributed by atoms with Crippen LogP contribution >= 0.6 is 34.8 Å². The molecule has 0 radical (unpaired) electrons. The highest BCUT2D eigenvalue weighted by Crippen LogP contribution is 2.44. The molecule has 0 fully saturated rings. The molecule has 0 amide bonds. The lowest BCUT2D eigenvalue weighted by Gasteiger charge is -2.31. The first-order chi connectivity index (χ1) is 9.28. The highest BCUT2D eigenvalue weighted by Gasteiger charge is 2.38. The molecule has 0 bridgehead atoms. The van der Waals surface area contributed by atoms with E-state index in [0.29, 0.717) is 0 Å². The maximum Gasteiger partial charge on any atom is 0.242 e. The van der Waals surface area contributed by atoms with Gasteiger partial charge < -0.3 is 8.85 Å². The maximum absolute atomic E-state index is 6.09. The first-order valence-electron chi connectivity index (χ1n) is 6.81. The van der Waals surface area contributed by atoms with E-state index in [2.05, 4.69) is 39.3 Å². The number of halogens is 3. The Hall–Kier alpha value is 0.284. The predicted molar refractivity (Wildman–Crippen MR) is 97.9 cm³/mol. The standard InChI is InChI=1S/C14H23Cl3O2Si2/c1-20(2,3)18-12-9-7-11(8-10-12)13(14(15,16)17)19-21(4,5)6/h7-10,13H,1-6H3. The Labute approximate surface area is 144 Å². The molecule has 1 aromatic rings. The molecule has 7 heteroatoms. The van der Waals surface area contributed by atoms with E-state index in [1.165, 1.54) is 0 Å². The topological polar surface area (TPSA) is 18.5 Å². The second kappa shape index (κ2) is 6.81.